The van der Waals surface area contributed by atoms with Gasteiger partial charge in [0.05, 0.1) is 0 Å². The molecule has 0 fully saturated rings. The highest BCUT2D eigenvalue weighted by Gasteiger charge is 2.23. The van der Waals surface area contributed by atoms with E-state index < -0.39 is 7.12 Å². The van der Waals surface area contributed by atoms with E-state index in [-0.39, 0.29) is 6.79 Å². The molecule has 2 rings (SSSR count). The Bertz CT molecular complexity index is 390. The molecular formula is C11H15BO4. The number of ether oxygens (including phenoxy) is 2. The molecule has 0 aliphatic carbocycles. The summed E-state index contributed by atoms with van der Waals surface area (Å²) in [4.78, 5) is 0. The second-order valence-electron chi connectivity index (χ2n) is 4.38. The van der Waals surface area contributed by atoms with Crippen molar-refractivity contribution in [2.75, 3.05) is 6.79 Å². The molecule has 16 heavy (non-hydrogen) atoms. The van der Waals surface area contributed by atoms with Crippen LogP contribution in [-0.4, -0.2) is 24.0 Å². The van der Waals surface area contributed by atoms with Gasteiger partial charge in [0.15, 0.2) is 11.5 Å². The molecule has 0 unspecified atom stereocenters. The van der Waals surface area contributed by atoms with Gasteiger partial charge in [0, 0.05) is 0 Å². The maximum absolute atomic E-state index is 9.31. The maximum Gasteiger partial charge on any atom is 0.488 e. The molecule has 0 aromatic heterocycles. The van der Waals surface area contributed by atoms with Crippen LogP contribution in [0, 0.1) is 5.92 Å². The quantitative estimate of drug-likeness (QED) is 0.722. The zero-order valence-electron chi connectivity index (χ0n) is 9.43. The number of fused-ring (bicyclic) bond motifs is 1. The average Bonchev–Trinajstić information content (AvgIpc) is 2.62. The predicted molar refractivity (Wildman–Crippen MR) is 60.9 cm³/mol. The summed E-state index contributed by atoms with van der Waals surface area (Å²) in [6, 6.07) is 3.47. The van der Waals surface area contributed by atoms with E-state index in [1.54, 1.807) is 6.07 Å². The van der Waals surface area contributed by atoms with Crippen LogP contribution in [-0.2, 0) is 6.42 Å². The summed E-state index contributed by atoms with van der Waals surface area (Å²) in [5.41, 5.74) is 1.40. The molecule has 0 saturated carbocycles. The fourth-order valence-electron chi connectivity index (χ4n) is 1.86. The lowest BCUT2D eigenvalue weighted by molar-refractivity contribution is 0.174. The molecule has 1 aromatic rings. The number of benzene rings is 1. The zero-order chi connectivity index (χ0) is 11.7. The minimum Gasteiger partial charge on any atom is -0.454 e. The van der Waals surface area contributed by atoms with E-state index >= 15 is 0 Å². The van der Waals surface area contributed by atoms with Crippen molar-refractivity contribution < 1.29 is 19.5 Å². The molecule has 0 bridgehead atoms. The van der Waals surface area contributed by atoms with Crippen molar-refractivity contribution in [3.8, 4) is 11.5 Å². The fourth-order valence-corrected chi connectivity index (χ4v) is 1.86. The van der Waals surface area contributed by atoms with Crippen LogP contribution in [0.4, 0.5) is 0 Å². The third-order valence-corrected chi connectivity index (χ3v) is 2.54. The summed E-state index contributed by atoms with van der Waals surface area (Å²) in [5, 5.41) is 18.6. The van der Waals surface area contributed by atoms with Gasteiger partial charge in [0.1, 0.15) is 0 Å². The molecule has 1 aliphatic heterocycles. The van der Waals surface area contributed by atoms with E-state index in [1.165, 1.54) is 0 Å². The second kappa shape index (κ2) is 4.35. The van der Waals surface area contributed by atoms with Crippen LogP contribution in [0.25, 0.3) is 0 Å². The van der Waals surface area contributed by atoms with Gasteiger partial charge in [-0.3, -0.25) is 0 Å². The Morgan fingerprint density at radius 1 is 1.25 bits per heavy atom. The van der Waals surface area contributed by atoms with E-state index in [0.29, 0.717) is 22.9 Å². The van der Waals surface area contributed by atoms with Crippen LogP contribution < -0.4 is 14.9 Å². The fraction of sp³-hybridized carbons (Fsp3) is 0.455. The molecule has 0 amide bonds. The van der Waals surface area contributed by atoms with Gasteiger partial charge < -0.3 is 19.5 Å². The van der Waals surface area contributed by atoms with Crippen molar-refractivity contribution in [3.63, 3.8) is 0 Å². The lowest BCUT2D eigenvalue weighted by Gasteiger charge is -2.12. The summed E-state index contributed by atoms with van der Waals surface area (Å²) in [7, 11) is -1.47. The van der Waals surface area contributed by atoms with E-state index in [9.17, 15) is 10.0 Å². The molecule has 0 atom stereocenters. The molecule has 0 spiro atoms. The van der Waals surface area contributed by atoms with E-state index in [1.807, 2.05) is 6.07 Å². The first-order valence-corrected chi connectivity index (χ1v) is 5.36. The van der Waals surface area contributed by atoms with Gasteiger partial charge in [-0.05, 0) is 35.5 Å². The molecule has 1 aromatic carbocycles. The summed E-state index contributed by atoms with van der Waals surface area (Å²) < 4.78 is 10.5. The molecule has 0 saturated heterocycles. The molecule has 1 heterocycles. The summed E-state index contributed by atoms with van der Waals surface area (Å²) >= 11 is 0. The van der Waals surface area contributed by atoms with Gasteiger partial charge >= 0.3 is 7.12 Å². The van der Waals surface area contributed by atoms with Crippen LogP contribution in [0.5, 0.6) is 11.5 Å². The Morgan fingerprint density at radius 3 is 2.44 bits per heavy atom. The first-order chi connectivity index (χ1) is 7.58. The number of hydrogen-bond donors (Lipinski definition) is 2. The van der Waals surface area contributed by atoms with Crippen LogP contribution in [0.2, 0.25) is 0 Å². The molecular weight excluding hydrogens is 207 g/mol. The molecule has 86 valence electrons. The Labute approximate surface area is 95.0 Å². The largest absolute Gasteiger partial charge is 0.488 e. The minimum absolute atomic E-state index is 0.196. The third kappa shape index (κ3) is 2.15. The van der Waals surface area contributed by atoms with Crippen molar-refractivity contribution in [2.45, 2.75) is 20.3 Å². The zero-order valence-corrected chi connectivity index (χ0v) is 9.43. The molecule has 1 aliphatic rings. The Morgan fingerprint density at radius 2 is 1.88 bits per heavy atom. The van der Waals surface area contributed by atoms with Gasteiger partial charge in [0.2, 0.25) is 6.79 Å². The summed E-state index contributed by atoms with van der Waals surface area (Å²) in [6.07, 6.45) is 0.781. The van der Waals surface area contributed by atoms with Gasteiger partial charge in [-0.1, -0.05) is 13.8 Å². The Hall–Kier alpha value is -1.20. The van der Waals surface area contributed by atoms with E-state index in [0.717, 1.165) is 12.0 Å². The highest BCUT2D eigenvalue weighted by atomic mass is 16.7. The third-order valence-electron chi connectivity index (χ3n) is 2.54. The Balaban J connectivity index is 2.40. The summed E-state index contributed by atoms with van der Waals surface area (Å²) in [6.45, 7) is 4.36. The standard InChI is InChI=1S/C11H15BO4/c1-7(2)3-8-4-10-11(16-6-15-10)5-9(8)12(13)14/h4-5,7,13-14H,3,6H2,1-2H3. The van der Waals surface area contributed by atoms with E-state index in [4.69, 9.17) is 9.47 Å². The number of hydrogen-bond acceptors (Lipinski definition) is 4. The first kappa shape index (κ1) is 11.3. The number of rotatable bonds is 3. The monoisotopic (exact) mass is 222 g/mol. The maximum atomic E-state index is 9.31. The molecule has 2 N–H and O–H groups in total. The van der Waals surface area contributed by atoms with Crippen molar-refractivity contribution in [1.82, 2.24) is 0 Å². The van der Waals surface area contributed by atoms with Crippen LogP contribution in [0.3, 0.4) is 0 Å². The van der Waals surface area contributed by atoms with Gasteiger partial charge in [0.25, 0.3) is 0 Å². The SMILES string of the molecule is CC(C)Cc1cc2c(cc1B(O)O)OCO2. The molecule has 5 heteroatoms. The normalized spacial score (nSPS) is 13.3. The topological polar surface area (TPSA) is 58.9 Å². The van der Waals surface area contributed by atoms with Crippen LogP contribution in [0.15, 0.2) is 12.1 Å². The van der Waals surface area contributed by atoms with E-state index in [2.05, 4.69) is 13.8 Å². The van der Waals surface area contributed by atoms with Crippen molar-refractivity contribution in [2.24, 2.45) is 5.92 Å². The average molecular weight is 222 g/mol. The Kier molecular flexibility index (Phi) is 3.07. The lowest BCUT2D eigenvalue weighted by atomic mass is 9.75. The highest BCUT2D eigenvalue weighted by molar-refractivity contribution is 6.59. The highest BCUT2D eigenvalue weighted by Crippen LogP contribution is 2.32. The van der Waals surface area contributed by atoms with Crippen LogP contribution >= 0.6 is 0 Å². The smallest absolute Gasteiger partial charge is 0.454 e. The van der Waals surface area contributed by atoms with Gasteiger partial charge in [-0.25, -0.2) is 0 Å². The van der Waals surface area contributed by atoms with Gasteiger partial charge in [-0.2, -0.15) is 0 Å². The first-order valence-electron chi connectivity index (χ1n) is 5.36. The lowest BCUT2D eigenvalue weighted by Crippen LogP contribution is -2.33. The van der Waals surface area contributed by atoms with Crippen molar-refractivity contribution >= 4 is 12.6 Å². The second-order valence-corrected chi connectivity index (χ2v) is 4.38. The minimum atomic E-state index is -1.47. The van der Waals surface area contributed by atoms with Crippen LogP contribution in [0.1, 0.15) is 19.4 Å². The van der Waals surface area contributed by atoms with Crippen molar-refractivity contribution in [3.05, 3.63) is 17.7 Å². The van der Waals surface area contributed by atoms with Gasteiger partial charge in [-0.15, -0.1) is 0 Å². The summed E-state index contributed by atoms with van der Waals surface area (Å²) in [5.74, 6) is 1.70. The predicted octanol–water partition coefficient (Wildman–Crippen LogP) is 0.294. The molecule has 4 nitrogen and oxygen atoms in total. The molecule has 0 radical (unpaired) electrons. The van der Waals surface area contributed by atoms with Crippen molar-refractivity contribution in [1.29, 1.82) is 0 Å².